The van der Waals surface area contributed by atoms with Crippen LogP contribution in [-0.4, -0.2) is 25.7 Å². The minimum Gasteiger partial charge on any atom is -0.512 e. The Balaban J connectivity index is -0.0000000710. The summed E-state index contributed by atoms with van der Waals surface area (Å²) in [5.41, 5.74) is 6.06. The van der Waals surface area contributed by atoms with Crippen molar-refractivity contribution < 1.29 is 39.5 Å². The van der Waals surface area contributed by atoms with Crippen LogP contribution in [0.4, 0.5) is 0 Å². The van der Waals surface area contributed by atoms with Gasteiger partial charge in [-0.2, -0.15) is 5.26 Å². The standard InChI is InChI=1S/C5H7NOS.C5H7NS.C5H12.C4H5NO.C3H6S.CN.CH4.Na/c1-4-5(2-7)6-3-8-4;1-4-5(2)7-3-6-4;1-5(2,3)4;1-4(6)2-3-5;1-3(2)4;1-2;;/h3,7H,2H2,1H3;3H,1-2H3;1-4H3;2H2,1H3;1-2H3;;1H4;/q;;;;;-1;;+1. The van der Waals surface area contributed by atoms with Crippen LogP contribution in [0.5, 0.6) is 0 Å². The van der Waals surface area contributed by atoms with E-state index in [0.717, 1.165) is 21.1 Å². The quantitative estimate of drug-likeness (QED) is 0.344. The van der Waals surface area contributed by atoms with Crippen molar-refractivity contribution >= 4 is 45.5 Å². The van der Waals surface area contributed by atoms with E-state index in [9.17, 15) is 4.79 Å². The zero-order chi connectivity index (χ0) is 26.3. The number of ketones is 1. The number of rotatable bonds is 2. The first-order valence-electron chi connectivity index (χ1n) is 9.58. The van der Waals surface area contributed by atoms with Gasteiger partial charge in [0, 0.05) is 9.75 Å². The molecular weight excluding hydrogens is 495 g/mol. The van der Waals surface area contributed by atoms with Crippen LogP contribution in [-0.2, 0) is 11.4 Å². The van der Waals surface area contributed by atoms with Gasteiger partial charge in [-0.3, -0.25) is 4.79 Å². The molecule has 0 aliphatic carbocycles. The third kappa shape index (κ3) is 48.4. The normalized spacial score (nSPS) is 8.00. The number of thiocarbonyl (C=S) groups is 1. The second kappa shape index (κ2) is 30.0. The van der Waals surface area contributed by atoms with E-state index >= 15 is 0 Å². The van der Waals surface area contributed by atoms with Gasteiger partial charge in [0.15, 0.2) is 0 Å². The predicted octanol–water partition coefficient (Wildman–Crippen LogP) is 4.38. The molecule has 0 aromatic carbocycles. The Morgan fingerprint density at radius 2 is 1.41 bits per heavy atom. The predicted molar refractivity (Wildman–Crippen MR) is 146 cm³/mol. The molecule has 0 radical (unpaired) electrons. The summed E-state index contributed by atoms with van der Waals surface area (Å²) < 4.78 is 0. The number of aryl methyl sites for hydroxylation is 3. The summed E-state index contributed by atoms with van der Waals surface area (Å²) >= 11 is 7.79. The van der Waals surface area contributed by atoms with Crippen molar-refractivity contribution in [3.63, 3.8) is 0 Å². The van der Waals surface area contributed by atoms with Gasteiger partial charge in [-0.1, -0.05) is 47.3 Å². The third-order valence-corrected chi connectivity index (χ3v) is 3.97. The Labute approximate surface area is 243 Å². The van der Waals surface area contributed by atoms with E-state index in [4.69, 9.17) is 22.2 Å². The number of thiazole rings is 2. The van der Waals surface area contributed by atoms with Gasteiger partial charge in [0.05, 0.1) is 41.5 Å². The molecule has 0 saturated carbocycles. The zero-order valence-electron chi connectivity index (χ0n) is 21.9. The monoisotopic (exact) mass is 536 g/mol. The molecule has 188 valence electrons. The largest absolute Gasteiger partial charge is 1.00 e. The van der Waals surface area contributed by atoms with Crippen molar-refractivity contribution in [2.45, 2.75) is 89.7 Å². The molecule has 0 amide bonds. The van der Waals surface area contributed by atoms with E-state index in [1.54, 1.807) is 34.3 Å². The number of aliphatic hydroxyl groups is 1. The minimum atomic E-state index is -0.0718. The first-order valence-corrected chi connectivity index (χ1v) is 11.7. The Morgan fingerprint density at radius 1 is 1.06 bits per heavy atom. The van der Waals surface area contributed by atoms with E-state index in [0.29, 0.717) is 5.41 Å². The maximum atomic E-state index is 9.82. The van der Waals surface area contributed by atoms with E-state index in [2.05, 4.69) is 56.8 Å². The molecule has 2 heterocycles. The van der Waals surface area contributed by atoms with Gasteiger partial charge >= 0.3 is 29.6 Å². The summed E-state index contributed by atoms with van der Waals surface area (Å²) in [5, 5.41) is 22.6. The molecule has 0 fully saturated rings. The van der Waals surface area contributed by atoms with Crippen molar-refractivity contribution in [3.8, 4) is 6.07 Å². The number of nitriles is 1. The average molecular weight is 537 g/mol. The number of Topliss-reactive ketones (excluding diaryl/α,β-unsaturated/α-hetero) is 1. The molecule has 0 aliphatic heterocycles. The summed E-state index contributed by atoms with van der Waals surface area (Å²) in [6, 6.07) is 1.72. The molecular formula is C24H41N4NaO2S3. The molecule has 0 atom stereocenters. The number of aliphatic hydroxyl groups excluding tert-OH is 1. The smallest absolute Gasteiger partial charge is 0.512 e. The zero-order valence-corrected chi connectivity index (χ0v) is 26.4. The fourth-order valence-corrected chi connectivity index (χ4v) is 2.14. The van der Waals surface area contributed by atoms with Crippen molar-refractivity contribution in [2.24, 2.45) is 5.41 Å². The van der Waals surface area contributed by atoms with Gasteiger partial charge in [-0.15, -0.1) is 22.7 Å². The first kappa shape index (κ1) is 46.3. The molecule has 0 aliphatic rings. The van der Waals surface area contributed by atoms with Crippen molar-refractivity contribution in [2.75, 3.05) is 0 Å². The van der Waals surface area contributed by atoms with E-state index in [1.807, 2.05) is 33.2 Å². The number of hydrogen-bond acceptors (Lipinski definition) is 9. The van der Waals surface area contributed by atoms with Gasteiger partial charge in [0.2, 0.25) is 0 Å². The Bertz CT molecular complexity index is 778. The van der Waals surface area contributed by atoms with Crippen LogP contribution in [0.15, 0.2) is 11.0 Å². The Kier molecular flexibility index (Phi) is 40.9. The summed E-state index contributed by atoms with van der Waals surface area (Å²) in [4.78, 5) is 21.2. The molecule has 2 aromatic rings. The third-order valence-electron chi connectivity index (χ3n) is 2.31. The van der Waals surface area contributed by atoms with Crippen molar-refractivity contribution in [3.05, 3.63) is 38.7 Å². The summed E-state index contributed by atoms with van der Waals surface area (Å²) in [7, 11) is 0. The van der Waals surface area contributed by atoms with E-state index < -0.39 is 0 Å². The molecule has 2 rings (SSSR count). The topological polar surface area (TPSA) is 111 Å². The molecule has 2 aromatic heterocycles. The van der Waals surface area contributed by atoms with Gasteiger partial charge in [0.25, 0.3) is 0 Å². The number of carbonyl (C=O) groups excluding carboxylic acids is 1. The number of carbonyl (C=O) groups is 1. The minimum absolute atomic E-state index is 0. The van der Waals surface area contributed by atoms with Gasteiger partial charge in [-0.05, 0) is 51.8 Å². The molecule has 0 spiro atoms. The van der Waals surface area contributed by atoms with Gasteiger partial charge in [0.1, 0.15) is 5.78 Å². The molecule has 6 nitrogen and oxygen atoms in total. The fraction of sp³-hybridized carbons (Fsp3) is 0.583. The van der Waals surface area contributed by atoms with Crippen LogP contribution in [0.1, 0.15) is 83.5 Å². The number of aromatic nitrogens is 2. The summed E-state index contributed by atoms with van der Waals surface area (Å²) in [6.45, 7) is 24.8. The van der Waals surface area contributed by atoms with Gasteiger partial charge < -0.3 is 16.9 Å². The van der Waals surface area contributed by atoms with E-state index in [-0.39, 0.29) is 55.8 Å². The summed E-state index contributed by atoms with van der Waals surface area (Å²) in [6.07, 6.45) is 0.0417. The first-order chi connectivity index (χ1) is 14.6. The maximum Gasteiger partial charge on any atom is 1.00 e. The van der Waals surface area contributed by atoms with Crippen LogP contribution >= 0.6 is 34.9 Å². The Morgan fingerprint density at radius 3 is 1.50 bits per heavy atom. The number of nitrogens with zero attached hydrogens (tertiary/aromatic N) is 4. The summed E-state index contributed by atoms with van der Waals surface area (Å²) in [5.74, 6) is -0.0718. The molecule has 34 heavy (non-hydrogen) atoms. The van der Waals surface area contributed by atoms with Gasteiger partial charge in [-0.25, -0.2) is 9.97 Å². The maximum absolute atomic E-state index is 9.82. The fourth-order valence-electron chi connectivity index (χ4n) is 0.952. The van der Waals surface area contributed by atoms with Crippen LogP contribution in [0.25, 0.3) is 0 Å². The number of hydrogen-bond donors (Lipinski definition) is 1. The molecule has 1 N–H and O–H groups in total. The second-order valence-corrected chi connectivity index (χ2v) is 10.9. The SMILES string of the molecule is C.CC(=O)CC#N.CC(C)(C)C.CC(C)=S.Cc1ncsc1C.Cc1scnc1CO.[C-]#N.[Na+]. The Hall–Kier alpha value is -1.04. The molecule has 0 unspecified atom stereocenters. The van der Waals surface area contributed by atoms with Crippen LogP contribution in [0, 0.1) is 49.4 Å². The van der Waals surface area contributed by atoms with E-state index in [1.165, 1.54) is 11.8 Å². The molecule has 0 saturated heterocycles. The van der Waals surface area contributed by atoms with Crippen molar-refractivity contribution in [1.29, 1.82) is 10.5 Å². The van der Waals surface area contributed by atoms with Crippen LogP contribution < -0.4 is 29.6 Å². The molecule has 10 heteroatoms. The molecule has 0 bridgehead atoms. The van der Waals surface area contributed by atoms with Crippen molar-refractivity contribution in [1.82, 2.24) is 9.97 Å². The average Bonchev–Trinajstić information content (AvgIpc) is 3.23. The van der Waals surface area contributed by atoms with Crippen LogP contribution in [0.2, 0.25) is 0 Å². The van der Waals surface area contributed by atoms with Crippen LogP contribution in [0.3, 0.4) is 0 Å². The second-order valence-electron chi connectivity index (χ2n) is 7.95.